The SMILES string of the molecule is CCCCCCC/C=C/CC/C=C/CCCC/C=C/CCCCC(O)C/C=C/CCC(O)CCCC(=O)NCCO. The van der Waals surface area contributed by atoms with E-state index in [1.54, 1.807) is 0 Å². The van der Waals surface area contributed by atoms with Crippen molar-refractivity contribution in [3.63, 3.8) is 0 Å². The Balaban J connectivity index is 3.48. The number of allylic oxidation sites excluding steroid dienone is 7. The van der Waals surface area contributed by atoms with Crippen LogP contribution in [0.5, 0.6) is 0 Å². The Morgan fingerprint density at radius 2 is 1.10 bits per heavy atom. The zero-order valence-electron chi connectivity index (χ0n) is 26.5. The summed E-state index contributed by atoms with van der Waals surface area (Å²) in [6.07, 6.45) is 40.5. The number of hydrogen-bond acceptors (Lipinski definition) is 4. The number of amides is 1. The molecule has 5 heteroatoms. The van der Waals surface area contributed by atoms with Crippen molar-refractivity contribution in [1.29, 1.82) is 0 Å². The molecule has 0 saturated heterocycles. The topological polar surface area (TPSA) is 89.8 Å². The van der Waals surface area contributed by atoms with Crippen molar-refractivity contribution in [2.75, 3.05) is 13.2 Å². The normalized spacial score (nSPS) is 13.8. The summed E-state index contributed by atoms with van der Waals surface area (Å²) in [5.74, 6) is -0.0807. The van der Waals surface area contributed by atoms with Gasteiger partial charge in [0.05, 0.1) is 18.8 Å². The maximum absolute atomic E-state index is 11.5. The lowest BCUT2D eigenvalue weighted by atomic mass is 10.1. The number of hydrogen-bond donors (Lipinski definition) is 4. The summed E-state index contributed by atoms with van der Waals surface area (Å²) in [4.78, 5) is 11.5. The van der Waals surface area contributed by atoms with Crippen molar-refractivity contribution < 1.29 is 20.1 Å². The molecule has 0 radical (unpaired) electrons. The van der Waals surface area contributed by atoms with Crippen LogP contribution < -0.4 is 5.32 Å². The monoisotopic (exact) mass is 575 g/mol. The lowest BCUT2D eigenvalue weighted by molar-refractivity contribution is -0.121. The van der Waals surface area contributed by atoms with Gasteiger partial charge in [0.25, 0.3) is 0 Å². The number of carbonyl (C=O) groups excluding carboxylic acids is 1. The minimum Gasteiger partial charge on any atom is -0.395 e. The van der Waals surface area contributed by atoms with Gasteiger partial charge < -0.3 is 20.6 Å². The Labute approximate surface area is 253 Å². The molecule has 2 unspecified atom stereocenters. The van der Waals surface area contributed by atoms with Crippen molar-refractivity contribution in [3.05, 3.63) is 48.6 Å². The Kier molecular flexibility index (Phi) is 31.5. The summed E-state index contributed by atoms with van der Waals surface area (Å²) >= 11 is 0. The van der Waals surface area contributed by atoms with E-state index in [9.17, 15) is 15.0 Å². The van der Waals surface area contributed by atoms with E-state index in [2.05, 4.69) is 48.7 Å². The van der Waals surface area contributed by atoms with Crippen molar-refractivity contribution in [2.45, 2.75) is 160 Å². The second kappa shape index (κ2) is 32.8. The maximum Gasteiger partial charge on any atom is 0.220 e. The molecule has 0 aromatic heterocycles. The standard InChI is InChI=1S/C36H65NO4/c1-2-3-4-5-6-7-8-9-10-11-12-13-14-15-16-17-18-19-20-21-23-27-34(39)28-24-22-25-29-35(40)30-26-31-36(41)37-32-33-38/h8-9,12-13,18-19,22,24,34-35,38-40H,2-7,10-11,14-17,20-21,23,25-33H2,1H3,(H,37,41)/b9-8+,13-12+,19-18+,24-22+. The van der Waals surface area contributed by atoms with Gasteiger partial charge in [-0.1, -0.05) is 87.6 Å². The Morgan fingerprint density at radius 3 is 1.71 bits per heavy atom. The van der Waals surface area contributed by atoms with E-state index in [0.29, 0.717) is 32.1 Å². The Morgan fingerprint density at radius 1 is 0.585 bits per heavy atom. The molecule has 41 heavy (non-hydrogen) atoms. The third kappa shape index (κ3) is 32.7. The average Bonchev–Trinajstić information content (AvgIpc) is 2.96. The first-order valence-corrected chi connectivity index (χ1v) is 16.9. The molecule has 238 valence electrons. The number of nitrogens with one attached hydrogen (secondary N) is 1. The van der Waals surface area contributed by atoms with E-state index < -0.39 is 6.10 Å². The maximum atomic E-state index is 11.5. The van der Waals surface area contributed by atoms with Crippen molar-refractivity contribution in [3.8, 4) is 0 Å². The molecule has 0 aromatic rings. The zero-order valence-corrected chi connectivity index (χ0v) is 26.5. The third-order valence-electron chi connectivity index (χ3n) is 7.24. The molecule has 0 fully saturated rings. The van der Waals surface area contributed by atoms with Crippen molar-refractivity contribution in [1.82, 2.24) is 5.32 Å². The van der Waals surface area contributed by atoms with Crippen LogP contribution in [-0.2, 0) is 4.79 Å². The minimum absolute atomic E-state index is 0.0519. The molecule has 0 bridgehead atoms. The fourth-order valence-corrected chi connectivity index (χ4v) is 4.64. The van der Waals surface area contributed by atoms with Crippen LogP contribution in [0, 0.1) is 0 Å². The van der Waals surface area contributed by atoms with Crippen molar-refractivity contribution in [2.24, 2.45) is 0 Å². The summed E-state index contributed by atoms with van der Waals surface area (Å²) in [5.41, 5.74) is 0. The van der Waals surface area contributed by atoms with E-state index in [1.165, 1.54) is 70.6 Å². The number of unbranched alkanes of at least 4 members (excludes halogenated alkanes) is 11. The zero-order chi connectivity index (χ0) is 30.1. The van der Waals surface area contributed by atoms with Crippen LogP contribution in [0.25, 0.3) is 0 Å². The van der Waals surface area contributed by atoms with Crippen LogP contribution in [0.1, 0.15) is 148 Å². The quantitative estimate of drug-likeness (QED) is 0.0510. The number of rotatable bonds is 30. The molecule has 4 N–H and O–H groups in total. The largest absolute Gasteiger partial charge is 0.395 e. The van der Waals surface area contributed by atoms with E-state index in [0.717, 1.165) is 38.5 Å². The molecular formula is C36H65NO4. The van der Waals surface area contributed by atoms with Gasteiger partial charge in [0.2, 0.25) is 5.91 Å². The Hall–Kier alpha value is -1.69. The van der Waals surface area contributed by atoms with E-state index >= 15 is 0 Å². The number of carbonyl (C=O) groups is 1. The van der Waals surface area contributed by atoms with Crippen LogP contribution >= 0.6 is 0 Å². The van der Waals surface area contributed by atoms with Crippen LogP contribution in [0.15, 0.2) is 48.6 Å². The number of aliphatic hydroxyl groups is 3. The van der Waals surface area contributed by atoms with Crippen LogP contribution in [0.4, 0.5) is 0 Å². The first kappa shape index (κ1) is 39.3. The summed E-state index contributed by atoms with van der Waals surface area (Å²) < 4.78 is 0. The van der Waals surface area contributed by atoms with Gasteiger partial charge >= 0.3 is 0 Å². The molecule has 1 amide bonds. The Bertz CT molecular complexity index is 670. The predicted octanol–water partition coefficient (Wildman–Crippen LogP) is 8.64. The van der Waals surface area contributed by atoms with Crippen LogP contribution in [-0.4, -0.2) is 46.6 Å². The molecule has 0 aliphatic carbocycles. The molecule has 0 aliphatic heterocycles. The summed E-state index contributed by atoms with van der Waals surface area (Å²) in [7, 11) is 0. The van der Waals surface area contributed by atoms with E-state index in [4.69, 9.17) is 5.11 Å². The van der Waals surface area contributed by atoms with Crippen molar-refractivity contribution >= 4 is 5.91 Å². The second-order valence-electron chi connectivity index (χ2n) is 11.3. The molecule has 0 rings (SSSR count). The molecule has 0 aliphatic rings. The predicted molar refractivity (Wildman–Crippen MR) is 176 cm³/mol. The second-order valence-corrected chi connectivity index (χ2v) is 11.3. The highest BCUT2D eigenvalue weighted by molar-refractivity contribution is 5.75. The van der Waals surface area contributed by atoms with Gasteiger partial charge in [0.15, 0.2) is 0 Å². The smallest absolute Gasteiger partial charge is 0.220 e. The molecule has 5 nitrogen and oxygen atoms in total. The summed E-state index contributed by atoms with van der Waals surface area (Å²) in [5, 5.41) is 31.5. The van der Waals surface area contributed by atoms with E-state index in [-0.39, 0.29) is 25.2 Å². The van der Waals surface area contributed by atoms with Gasteiger partial charge in [0.1, 0.15) is 0 Å². The highest BCUT2D eigenvalue weighted by Crippen LogP contribution is 2.11. The van der Waals surface area contributed by atoms with Gasteiger partial charge in [0, 0.05) is 13.0 Å². The van der Waals surface area contributed by atoms with Gasteiger partial charge in [-0.05, 0) is 103 Å². The molecule has 2 atom stereocenters. The lowest BCUT2D eigenvalue weighted by Crippen LogP contribution is -2.26. The summed E-state index contributed by atoms with van der Waals surface area (Å²) in [6, 6.07) is 0. The average molecular weight is 576 g/mol. The lowest BCUT2D eigenvalue weighted by Gasteiger charge is -2.09. The van der Waals surface area contributed by atoms with Crippen LogP contribution in [0.3, 0.4) is 0 Å². The number of aliphatic hydroxyl groups excluding tert-OH is 3. The van der Waals surface area contributed by atoms with Gasteiger partial charge in [-0.3, -0.25) is 4.79 Å². The highest BCUT2D eigenvalue weighted by atomic mass is 16.3. The molecule has 0 spiro atoms. The molecule has 0 aromatic carbocycles. The van der Waals surface area contributed by atoms with Gasteiger partial charge in [-0.15, -0.1) is 0 Å². The van der Waals surface area contributed by atoms with Crippen LogP contribution in [0.2, 0.25) is 0 Å². The fraction of sp³-hybridized carbons (Fsp3) is 0.750. The molecule has 0 heterocycles. The fourth-order valence-electron chi connectivity index (χ4n) is 4.64. The molecule has 0 saturated carbocycles. The molecular weight excluding hydrogens is 510 g/mol. The third-order valence-corrected chi connectivity index (χ3v) is 7.24. The highest BCUT2D eigenvalue weighted by Gasteiger charge is 2.06. The van der Waals surface area contributed by atoms with E-state index in [1.807, 2.05) is 12.2 Å². The first-order chi connectivity index (χ1) is 20.1. The van der Waals surface area contributed by atoms with Gasteiger partial charge in [-0.2, -0.15) is 0 Å². The first-order valence-electron chi connectivity index (χ1n) is 16.9. The van der Waals surface area contributed by atoms with Gasteiger partial charge in [-0.25, -0.2) is 0 Å². The summed E-state index contributed by atoms with van der Waals surface area (Å²) in [6.45, 7) is 2.50. The minimum atomic E-state index is -0.405.